The van der Waals surface area contributed by atoms with Gasteiger partial charge in [-0.15, -0.1) is 0 Å². The monoisotopic (exact) mass is 438 g/mol. The standard InChI is InChI=1S/C29H30N2O2/c1-17(2)22-12-14-24(15-13-22)30-27-26(23-11-10-18(3)20(5)16-23)28(32)31(29(27)33)25-9-7-8-19(4)21(25)6/h7-17,30H,1-6H3. The van der Waals surface area contributed by atoms with E-state index < -0.39 is 0 Å². The number of nitrogens with zero attached hydrogens (tertiary/aromatic N) is 1. The molecule has 0 spiro atoms. The van der Waals surface area contributed by atoms with Crippen molar-refractivity contribution in [2.75, 3.05) is 10.2 Å². The summed E-state index contributed by atoms with van der Waals surface area (Å²) in [5.74, 6) is -0.230. The van der Waals surface area contributed by atoms with Crippen LogP contribution in [0, 0.1) is 27.7 Å². The van der Waals surface area contributed by atoms with Crippen molar-refractivity contribution in [2.45, 2.75) is 47.5 Å². The van der Waals surface area contributed by atoms with Crippen molar-refractivity contribution in [2.24, 2.45) is 0 Å². The average Bonchev–Trinajstić information content (AvgIpc) is 3.02. The fourth-order valence-electron chi connectivity index (χ4n) is 4.10. The summed E-state index contributed by atoms with van der Waals surface area (Å²) >= 11 is 0. The Kier molecular flexibility index (Phi) is 5.94. The van der Waals surface area contributed by atoms with Crippen molar-refractivity contribution in [3.05, 3.63) is 99.7 Å². The summed E-state index contributed by atoms with van der Waals surface area (Å²) in [4.78, 5) is 28.7. The second kappa shape index (κ2) is 8.70. The van der Waals surface area contributed by atoms with E-state index in [4.69, 9.17) is 0 Å². The van der Waals surface area contributed by atoms with Crippen LogP contribution >= 0.6 is 0 Å². The molecule has 1 aliphatic rings. The quantitative estimate of drug-likeness (QED) is 0.466. The summed E-state index contributed by atoms with van der Waals surface area (Å²) in [6.07, 6.45) is 0. The number of anilines is 2. The van der Waals surface area contributed by atoms with E-state index in [-0.39, 0.29) is 11.8 Å². The predicted octanol–water partition coefficient (Wildman–Crippen LogP) is 6.44. The van der Waals surface area contributed by atoms with E-state index in [1.807, 2.05) is 88.4 Å². The molecule has 4 heteroatoms. The van der Waals surface area contributed by atoms with Crippen LogP contribution in [0.2, 0.25) is 0 Å². The van der Waals surface area contributed by atoms with Gasteiger partial charge in [-0.2, -0.15) is 0 Å². The summed E-state index contributed by atoms with van der Waals surface area (Å²) in [5, 5.41) is 3.27. The number of benzene rings is 3. The summed E-state index contributed by atoms with van der Waals surface area (Å²) < 4.78 is 0. The van der Waals surface area contributed by atoms with E-state index >= 15 is 0 Å². The Morgan fingerprint density at radius 2 is 1.45 bits per heavy atom. The Morgan fingerprint density at radius 1 is 0.758 bits per heavy atom. The molecule has 3 aromatic carbocycles. The molecular weight excluding hydrogens is 408 g/mol. The van der Waals surface area contributed by atoms with Gasteiger partial charge in [0, 0.05) is 5.69 Å². The number of amides is 2. The Morgan fingerprint density at radius 3 is 2.09 bits per heavy atom. The third-order valence-corrected chi connectivity index (χ3v) is 6.54. The molecule has 1 N–H and O–H groups in total. The van der Waals surface area contributed by atoms with E-state index in [0.29, 0.717) is 22.9 Å². The van der Waals surface area contributed by atoms with Gasteiger partial charge in [0.25, 0.3) is 11.8 Å². The van der Waals surface area contributed by atoms with Crippen LogP contribution in [-0.2, 0) is 9.59 Å². The Bertz CT molecular complexity index is 1280. The lowest BCUT2D eigenvalue weighted by Crippen LogP contribution is -2.33. The summed E-state index contributed by atoms with van der Waals surface area (Å²) in [5.41, 5.74) is 8.23. The highest BCUT2D eigenvalue weighted by Crippen LogP contribution is 2.36. The second-order valence-electron chi connectivity index (χ2n) is 9.12. The third kappa shape index (κ3) is 4.09. The zero-order valence-corrected chi connectivity index (χ0v) is 20.1. The molecule has 0 aromatic heterocycles. The maximum absolute atomic E-state index is 13.7. The maximum Gasteiger partial charge on any atom is 0.282 e. The molecule has 0 saturated carbocycles. The number of carbonyl (C=O) groups excluding carboxylic acids is 2. The molecule has 1 aliphatic heterocycles. The molecule has 0 radical (unpaired) electrons. The normalized spacial score (nSPS) is 14.0. The molecule has 0 bridgehead atoms. The first-order chi connectivity index (χ1) is 15.7. The lowest BCUT2D eigenvalue weighted by molar-refractivity contribution is -0.120. The van der Waals surface area contributed by atoms with Gasteiger partial charge in [-0.05, 0) is 85.2 Å². The fraction of sp³-hybridized carbons (Fsp3) is 0.241. The average molecular weight is 439 g/mol. The number of rotatable bonds is 5. The molecule has 0 atom stereocenters. The highest BCUT2D eigenvalue weighted by molar-refractivity contribution is 6.46. The largest absolute Gasteiger partial charge is 0.350 e. The molecule has 1 heterocycles. The van der Waals surface area contributed by atoms with Gasteiger partial charge in [0.2, 0.25) is 0 Å². The van der Waals surface area contributed by atoms with Crippen LogP contribution in [-0.4, -0.2) is 11.8 Å². The maximum atomic E-state index is 13.7. The van der Waals surface area contributed by atoms with Gasteiger partial charge in [-0.1, -0.05) is 56.3 Å². The van der Waals surface area contributed by atoms with Gasteiger partial charge in [0.05, 0.1) is 11.3 Å². The van der Waals surface area contributed by atoms with E-state index in [9.17, 15) is 9.59 Å². The minimum atomic E-state index is -0.338. The van der Waals surface area contributed by atoms with E-state index in [1.54, 1.807) is 0 Å². The number of carbonyl (C=O) groups is 2. The van der Waals surface area contributed by atoms with Gasteiger partial charge >= 0.3 is 0 Å². The molecule has 33 heavy (non-hydrogen) atoms. The van der Waals surface area contributed by atoms with Gasteiger partial charge in [0.15, 0.2) is 0 Å². The first-order valence-electron chi connectivity index (χ1n) is 11.3. The molecule has 3 aromatic rings. The van der Waals surface area contributed by atoms with Crippen molar-refractivity contribution in [3.63, 3.8) is 0 Å². The van der Waals surface area contributed by atoms with Gasteiger partial charge in [-0.3, -0.25) is 9.59 Å². The lowest BCUT2D eigenvalue weighted by Gasteiger charge is -2.19. The topological polar surface area (TPSA) is 49.4 Å². The Labute approximate surface area is 195 Å². The van der Waals surface area contributed by atoms with Crippen molar-refractivity contribution >= 4 is 28.8 Å². The zero-order chi connectivity index (χ0) is 23.9. The molecule has 4 rings (SSSR count). The van der Waals surface area contributed by atoms with Crippen LogP contribution in [0.25, 0.3) is 5.57 Å². The van der Waals surface area contributed by atoms with Crippen molar-refractivity contribution in [1.82, 2.24) is 0 Å². The smallest absolute Gasteiger partial charge is 0.282 e. The van der Waals surface area contributed by atoms with Crippen molar-refractivity contribution in [3.8, 4) is 0 Å². The fourth-order valence-corrected chi connectivity index (χ4v) is 4.10. The van der Waals surface area contributed by atoms with E-state index in [0.717, 1.165) is 33.5 Å². The van der Waals surface area contributed by atoms with Gasteiger partial charge < -0.3 is 5.32 Å². The molecule has 0 fully saturated rings. The predicted molar refractivity (Wildman–Crippen MR) is 135 cm³/mol. The van der Waals surface area contributed by atoms with Crippen LogP contribution < -0.4 is 10.2 Å². The highest BCUT2D eigenvalue weighted by atomic mass is 16.2. The number of hydrogen-bond donors (Lipinski definition) is 1. The van der Waals surface area contributed by atoms with Crippen molar-refractivity contribution in [1.29, 1.82) is 0 Å². The highest BCUT2D eigenvalue weighted by Gasteiger charge is 2.41. The first-order valence-corrected chi connectivity index (χ1v) is 11.3. The number of aryl methyl sites for hydroxylation is 3. The minimum absolute atomic E-state index is 0.307. The minimum Gasteiger partial charge on any atom is -0.350 e. The van der Waals surface area contributed by atoms with E-state index in [1.165, 1.54) is 10.5 Å². The Balaban J connectivity index is 1.83. The molecule has 4 nitrogen and oxygen atoms in total. The summed E-state index contributed by atoms with van der Waals surface area (Å²) in [6, 6.07) is 19.6. The van der Waals surface area contributed by atoms with Crippen LogP contribution in [0.3, 0.4) is 0 Å². The second-order valence-corrected chi connectivity index (χ2v) is 9.12. The molecule has 0 saturated heterocycles. The SMILES string of the molecule is Cc1ccc(C2=C(Nc3ccc(C(C)C)cc3)C(=O)N(c3cccc(C)c3C)C2=O)cc1C. The molecule has 2 amide bonds. The lowest BCUT2D eigenvalue weighted by atomic mass is 9.99. The number of nitrogens with one attached hydrogen (secondary N) is 1. The number of hydrogen-bond acceptors (Lipinski definition) is 3. The van der Waals surface area contributed by atoms with Crippen molar-refractivity contribution < 1.29 is 9.59 Å². The van der Waals surface area contributed by atoms with Crippen LogP contribution in [0.5, 0.6) is 0 Å². The van der Waals surface area contributed by atoms with Crippen LogP contribution in [0.1, 0.15) is 53.1 Å². The molecule has 0 unspecified atom stereocenters. The molecule has 0 aliphatic carbocycles. The van der Waals surface area contributed by atoms with E-state index in [2.05, 4.69) is 19.2 Å². The van der Waals surface area contributed by atoms with Gasteiger partial charge in [-0.25, -0.2) is 4.90 Å². The third-order valence-electron chi connectivity index (χ3n) is 6.54. The van der Waals surface area contributed by atoms with Crippen LogP contribution in [0.15, 0.2) is 66.4 Å². The zero-order valence-electron chi connectivity index (χ0n) is 20.1. The Hall–Kier alpha value is -3.66. The summed E-state index contributed by atoms with van der Waals surface area (Å²) in [6.45, 7) is 12.3. The first kappa shape index (κ1) is 22.5. The molecule has 168 valence electrons. The number of imide groups is 1. The van der Waals surface area contributed by atoms with Crippen LogP contribution in [0.4, 0.5) is 11.4 Å². The summed E-state index contributed by atoms with van der Waals surface area (Å²) in [7, 11) is 0. The van der Waals surface area contributed by atoms with Gasteiger partial charge in [0.1, 0.15) is 5.70 Å². The molecular formula is C29H30N2O2.